The summed E-state index contributed by atoms with van der Waals surface area (Å²) >= 11 is 5.91. The summed E-state index contributed by atoms with van der Waals surface area (Å²) in [6.45, 7) is 4.00. The molecule has 1 atom stereocenters. The molecular weight excluding hydrogens is 212 g/mol. The highest BCUT2D eigenvalue weighted by Gasteiger charge is 2.19. The summed E-state index contributed by atoms with van der Waals surface area (Å²) in [7, 11) is 1.59. The van der Waals surface area contributed by atoms with Gasteiger partial charge < -0.3 is 9.53 Å². The van der Waals surface area contributed by atoms with Gasteiger partial charge in [0.05, 0.1) is 7.11 Å². The zero-order chi connectivity index (χ0) is 11.4. The van der Waals surface area contributed by atoms with Crippen LogP contribution in [0, 0.1) is 5.92 Å². The van der Waals surface area contributed by atoms with Gasteiger partial charge in [-0.25, -0.2) is 0 Å². The van der Waals surface area contributed by atoms with Crippen molar-refractivity contribution in [2.45, 2.75) is 19.8 Å². The van der Waals surface area contributed by atoms with Gasteiger partial charge in [-0.2, -0.15) is 0 Å². The average molecular weight is 227 g/mol. The van der Waals surface area contributed by atoms with Crippen molar-refractivity contribution in [1.82, 2.24) is 0 Å². The predicted octanol–water partition coefficient (Wildman–Crippen LogP) is 3.29. The maximum absolute atomic E-state index is 11.0. The minimum atomic E-state index is -0.168. The van der Waals surface area contributed by atoms with Crippen molar-refractivity contribution in [2.75, 3.05) is 7.11 Å². The first-order valence-corrected chi connectivity index (χ1v) is 5.26. The maximum Gasteiger partial charge on any atom is 0.127 e. The Hall–Kier alpha value is -1.02. The Morgan fingerprint density at radius 3 is 2.53 bits per heavy atom. The van der Waals surface area contributed by atoms with Crippen LogP contribution in [0.3, 0.4) is 0 Å². The molecule has 0 saturated heterocycles. The minimum Gasteiger partial charge on any atom is -0.496 e. The highest BCUT2D eigenvalue weighted by Crippen LogP contribution is 2.32. The van der Waals surface area contributed by atoms with E-state index in [2.05, 4.69) is 0 Å². The van der Waals surface area contributed by atoms with Gasteiger partial charge >= 0.3 is 0 Å². The Morgan fingerprint density at radius 1 is 1.40 bits per heavy atom. The Bertz CT molecular complexity index is 347. The molecule has 0 N–H and O–H groups in total. The van der Waals surface area contributed by atoms with Gasteiger partial charge in [0.2, 0.25) is 0 Å². The SMILES string of the molecule is COc1ccc(Cl)cc1C(C=O)C(C)C. The lowest BCUT2D eigenvalue weighted by Crippen LogP contribution is -2.09. The predicted molar refractivity (Wildman–Crippen MR) is 61.6 cm³/mol. The molecule has 2 nitrogen and oxygen atoms in total. The Kier molecular flexibility index (Phi) is 4.15. The standard InChI is InChI=1S/C12H15ClO2/c1-8(2)11(7-14)10-6-9(13)4-5-12(10)15-3/h4-8,11H,1-3H3. The van der Waals surface area contributed by atoms with Gasteiger partial charge in [-0.3, -0.25) is 0 Å². The zero-order valence-electron chi connectivity index (χ0n) is 9.16. The first kappa shape index (κ1) is 12.1. The third kappa shape index (κ3) is 2.72. The summed E-state index contributed by atoms with van der Waals surface area (Å²) in [5.74, 6) is 0.777. The van der Waals surface area contributed by atoms with Crippen LogP contribution in [0.15, 0.2) is 18.2 Å². The van der Waals surface area contributed by atoms with Crippen molar-refractivity contribution in [1.29, 1.82) is 0 Å². The van der Waals surface area contributed by atoms with Crippen LogP contribution in [0.1, 0.15) is 25.3 Å². The number of aldehydes is 1. The van der Waals surface area contributed by atoms with Crippen molar-refractivity contribution in [3.63, 3.8) is 0 Å². The van der Waals surface area contributed by atoms with Gasteiger partial charge in [0.25, 0.3) is 0 Å². The Morgan fingerprint density at radius 2 is 2.07 bits per heavy atom. The molecule has 0 aliphatic carbocycles. The second-order valence-corrected chi connectivity index (χ2v) is 4.23. The van der Waals surface area contributed by atoms with Crippen molar-refractivity contribution >= 4 is 17.9 Å². The molecule has 0 spiro atoms. The van der Waals surface area contributed by atoms with Gasteiger partial charge in [0.1, 0.15) is 12.0 Å². The molecule has 0 aromatic heterocycles. The maximum atomic E-state index is 11.0. The van der Waals surface area contributed by atoms with Gasteiger partial charge in [-0.15, -0.1) is 0 Å². The van der Waals surface area contributed by atoms with Crippen LogP contribution in [0.25, 0.3) is 0 Å². The molecule has 1 aromatic carbocycles. The fraction of sp³-hybridized carbons (Fsp3) is 0.417. The summed E-state index contributed by atoms with van der Waals surface area (Å²) in [5.41, 5.74) is 0.856. The molecule has 3 heteroatoms. The van der Waals surface area contributed by atoms with E-state index >= 15 is 0 Å². The van der Waals surface area contributed by atoms with E-state index in [0.29, 0.717) is 10.8 Å². The number of ether oxygens (including phenoxy) is 1. The molecule has 0 fully saturated rings. The summed E-state index contributed by atoms with van der Waals surface area (Å²) in [5, 5.41) is 0.623. The second kappa shape index (κ2) is 5.17. The van der Waals surface area contributed by atoms with Crippen LogP contribution in [-0.4, -0.2) is 13.4 Å². The van der Waals surface area contributed by atoms with Gasteiger partial charge in [0.15, 0.2) is 0 Å². The van der Waals surface area contributed by atoms with Crippen LogP contribution >= 0.6 is 11.6 Å². The second-order valence-electron chi connectivity index (χ2n) is 3.79. The summed E-state index contributed by atoms with van der Waals surface area (Å²) < 4.78 is 5.22. The van der Waals surface area contributed by atoms with Crippen molar-refractivity contribution in [3.8, 4) is 5.75 Å². The van der Waals surface area contributed by atoms with E-state index in [1.54, 1.807) is 25.3 Å². The molecule has 1 aromatic rings. The molecule has 0 radical (unpaired) electrons. The quantitative estimate of drug-likeness (QED) is 0.737. The lowest BCUT2D eigenvalue weighted by Gasteiger charge is -2.17. The lowest BCUT2D eigenvalue weighted by atomic mass is 9.89. The number of hydrogen-bond acceptors (Lipinski definition) is 2. The molecule has 0 aliphatic heterocycles. The molecular formula is C12H15ClO2. The normalized spacial score (nSPS) is 12.6. The first-order valence-electron chi connectivity index (χ1n) is 4.89. The number of carbonyl (C=O) groups is 1. The number of rotatable bonds is 4. The summed E-state index contributed by atoms with van der Waals surface area (Å²) in [6.07, 6.45) is 0.943. The third-order valence-corrected chi connectivity index (χ3v) is 2.65. The van der Waals surface area contributed by atoms with Crippen molar-refractivity contribution in [2.24, 2.45) is 5.92 Å². The van der Waals surface area contributed by atoms with E-state index in [-0.39, 0.29) is 11.8 Å². The highest BCUT2D eigenvalue weighted by atomic mass is 35.5. The van der Waals surface area contributed by atoms with Crippen LogP contribution in [0.4, 0.5) is 0 Å². The summed E-state index contributed by atoms with van der Waals surface area (Å²) in [4.78, 5) is 11.0. The largest absolute Gasteiger partial charge is 0.496 e. The van der Waals surface area contributed by atoms with Crippen molar-refractivity contribution in [3.05, 3.63) is 28.8 Å². The van der Waals surface area contributed by atoms with Crippen LogP contribution in [-0.2, 0) is 4.79 Å². The average Bonchev–Trinajstić information content (AvgIpc) is 2.18. The number of hydrogen-bond donors (Lipinski definition) is 0. The third-order valence-electron chi connectivity index (χ3n) is 2.42. The van der Waals surface area contributed by atoms with E-state index < -0.39 is 0 Å². The molecule has 0 saturated carbocycles. The molecule has 1 unspecified atom stereocenters. The lowest BCUT2D eigenvalue weighted by molar-refractivity contribution is -0.109. The smallest absolute Gasteiger partial charge is 0.127 e. The van der Waals surface area contributed by atoms with E-state index in [1.165, 1.54) is 0 Å². The minimum absolute atomic E-state index is 0.168. The fourth-order valence-electron chi connectivity index (χ4n) is 1.56. The highest BCUT2D eigenvalue weighted by molar-refractivity contribution is 6.30. The zero-order valence-corrected chi connectivity index (χ0v) is 9.91. The number of methoxy groups -OCH3 is 1. The van der Waals surface area contributed by atoms with Gasteiger partial charge in [-0.05, 0) is 24.1 Å². The van der Waals surface area contributed by atoms with Crippen LogP contribution in [0.5, 0.6) is 5.75 Å². The van der Waals surface area contributed by atoms with Gasteiger partial charge in [-0.1, -0.05) is 25.4 Å². The number of halogens is 1. The Labute approximate surface area is 95.2 Å². The Balaban J connectivity index is 3.19. The topological polar surface area (TPSA) is 26.3 Å². The van der Waals surface area contributed by atoms with Gasteiger partial charge in [0, 0.05) is 16.5 Å². The monoisotopic (exact) mass is 226 g/mol. The fourth-order valence-corrected chi connectivity index (χ4v) is 1.74. The molecule has 15 heavy (non-hydrogen) atoms. The molecule has 82 valence electrons. The molecule has 0 heterocycles. The van der Waals surface area contributed by atoms with E-state index in [1.807, 2.05) is 13.8 Å². The van der Waals surface area contributed by atoms with E-state index in [4.69, 9.17) is 16.3 Å². The molecule has 1 rings (SSSR count). The number of benzene rings is 1. The molecule has 0 bridgehead atoms. The van der Waals surface area contributed by atoms with Crippen LogP contribution < -0.4 is 4.74 Å². The van der Waals surface area contributed by atoms with Crippen molar-refractivity contribution < 1.29 is 9.53 Å². The van der Waals surface area contributed by atoms with Crippen LogP contribution in [0.2, 0.25) is 5.02 Å². The molecule has 0 amide bonds. The summed E-state index contributed by atoms with van der Waals surface area (Å²) in [6, 6.07) is 5.34. The number of carbonyl (C=O) groups excluding carboxylic acids is 1. The molecule has 0 aliphatic rings. The van der Waals surface area contributed by atoms with E-state index in [9.17, 15) is 4.79 Å². The first-order chi connectivity index (χ1) is 7.10. The van der Waals surface area contributed by atoms with E-state index in [0.717, 1.165) is 11.8 Å².